The third-order valence-electron chi connectivity index (χ3n) is 4.34. The minimum Gasteiger partial charge on any atom is -0.487 e. The molecular formula is C21H22N2O2S. The average molecular weight is 366 g/mol. The van der Waals surface area contributed by atoms with E-state index in [9.17, 15) is 4.79 Å². The lowest BCUT2D eigenvalue weighted by atomic mass is 10.1. The van der Waals surface area contributed by atoms with Gasteiger partial charge in [-0.1, -0.05) is 30.3 Å². The fourth-order valence-electron chi connectivity index (χ4n) is 2.66. The second-order valence-electron chi connectivity index (χ2n) is 6.17. The van der Waals surface area contributed by atoms with Crippen LogP contribution in [0, 0.1) is 6.92 Å². The van der Waals surface area contributed by atoms with Gasteiger partial charge in [0, 0.05) is 18.0 Å². The van der Waals surface area contributed by atoms with Crippen LogP contribution in [0.4, 0.5) is 0 Å². The lowest BCUT2D eigenvalue weighted by Crippen LogP contribution is -2.29. The van der Waals surface area contributed by atoms with Gasteiger partial charge in [0.15, 0.2) is 0 Å². The van der Waals surface area contributed by atoms with E-state index >= 15 is 0 Å². The fourth-order valence-corrected chi connectivity index (χ4v) is 3.26. The van der Waals surface area contributed by atoms with Crippen molar-refractivity contribution in [2.75, 3.05) is 7.05 Å². The summed E-state index contributed by atoms with van der Waals surface area (Å²) < 4.78 is 5.74. The van der Waals surface area contributed by atoms with Crippen LogP contribution >= 0.6 is 11.3 Å². The van der Waals surface area contributed by atoms with E-state index in [1.165, 1.54) is 0 Å². The van der Waals surface area contributed by atoms with Crippen molar-refractivity contribution in [1.29, 1.82) is 0 Å². The molecule has 3 rings (SSSR count). The van der Waals surface area contributed by atoms with Crippen molar-refractivity contribution < 1.29 is 9.53 Å². The zero-order valence-corrected chi connectivity index (χ0v) is 16.0. The van der Waals surface area contributed by atoms with Gasteiger partial charge in [0.1, 0.15) is 12.4 Å². The molecule has 0 radical (unpaired) electrons. The summed E-state index contributed by atoms with van der Waals surface area (Å²) >= 11 is 1.61. The van der Waals surface area contributed by atoms with Crippen molar-refractivity contribution in [3.05, 3.63) is 81.8 Å². The zero-order chi connectivity index (χ0) is 18.5. The Morgan fingerprint density at radius 3 is 2.46 bits per heavy atom. The molecule has 1 aromatic heterocycles. The lowest BCUT2D eigenvalue weighted by molar-refractivity contribution is 0.0742. The minimum absolute atomic E-state index is 0.00697. The molecule has 0 saturated carbocycles. The summed E-state index contributed by atoms with van der Waals surface area (Å²) in [6.45, 7) is 4.44. The van der Waals surface area contributed by atoms with Gasteiger partial charge in [-0.2, -0.15) is 0 Å². The van der Waals surface area contributed by atoms with Gasteiger partial charge < -0.3 is 9.64 Å². The molecule has 2 aromatic carbocycles. The summed E-state index contributed by atoms with van der Waals surface area (Å²) in [5.74, 6) is 0.717. The van der Waals surface area contributed by atoms with E-state index < -0.39 is 0 Å². The van der Waals surface area contributed by atoms with Crippen molar-refractivity contribution >= 4 is 17.2 Å². The van der Waals surface area contributed by atoms with Crippen LogP contribution in [0.2, 0.25) is 0 Å². The highest BCUT2D eigenvalue weighted by Gasteiger charge is 2.18. The Hall–Kier alpha value is -2.66. The smallest absolute Gasteiger partial charge is 0.254 e. The minimum atomic E-state index is -0.0111. The van der Waals surface area contributed by atoms with Gasteiger partial charge in [0.25, 0.3) is 5.91 Å². The maximum absolute atomic E-state index is 12.7. The quantitative estimate of drug-likeness (QED) is 0.625. The highest BCUT2D eigenvalue weighted by atomic mass is 32.1. The standard InChI is InChI=1S/C21H22N2O2S/c1-15(17-7-5-4-6-8-17)23(3)21(24)18-9-11-20(12-10-18)25-13-19-14-26-16(2)22-19/h4-12,14-15H,13H2,1-3H3/t15-/m0/s1. The van der Waals surface area contributed by atoms with E-state index in [1.54, 1.807) is 28.4 Å². The SMILES string of the molecule is Cc1nc(COc2ccc(C(=O)N(C)[C@@H](C)c3ccccc3)cc2)cs1. The number of hydrogen-bond acceptors (Lipinski definition) is 4. The Morgan fingerprint density at radius 1 is 1.15 bits per heavy atom. The number of carbonyl (C=O) groups is 1. The second kappa shape index (κ2) is 8.15. The van der Waals surface area contributed by atoms with Crippen LogP contribution < -0.4 is 4.74 Å². The molecule has 0 spiro atoms. The monoisotopic (exact) mass is 366 g/mol. The average Bonchev–Trinajstić information content (AvgIpc) is 3.11. The number of aryl methyl sites for hydroxylation is 1. The molecule has 0 N–H and O–H groups in total. The summed E-state index contributed by atoms with van der Waals surface area (Å²) in [7, 11) is 1.83. The summed E-state index contributed by atoms with van der Waals surface area (Å²) in [6, 6.07) is 17.3. The number of rotatable bonds is 6. The highest BCUT2D eigenvalue weighted by Crippen LogP contribution is 2.22. The van der Waals surface area contributed by atoms with Crippen LogP contribution in [0.3, 0.4) is 0 Å². The molecule has 26 heavy (non-hydrogen) atoms. The normalized spacial score (nSPS) is 11.8. The summed E-state index contributed by atoms with van der Waals surface area (Å²) in [6.07, 6.45) is 0. The second-order valence-corrected chi connectivity index (χ2v) is 7.24. The molecule has 4 nitrogen and oxygen atoms in total. The zero-order valence-electron chi connectivity index (χ0n) is 15.2. The fraction of sp³-hybridized carbons (Fsp3) is 0.238. The third-order valence-corrected chi connectivity index (χ3v) is 5.16. The first-order valence-electron chi connectivity index (χ1n) is 8.50. The Kier molecular flexibility index (Phi) is 5.68. The van der Waals surface area contributed by atoms with E-state index in [0.29, 0.717) is 12.2 Å². The number of aromatic nitrogens is 1. The topological polar surface area (TPSA) is 42.4 Å². The van der Waals surface area contributed by atoms with Gasteiger partial charge >= 0.3 is 0 Å². The summed E-state index contributed by atoms with van der Waals surface area (Å²) in [4.78, 5) is 18.9. The molecule has 1 atom stereocenters. The number of nitrogens with zero attached hydrogens (tertiary/aromatic N) is 2. The molecule has 0 aliphatic rings. The molecule has 3 aromatic rings. The number of benzene rings is 2. The number of amides is 1. The van der Waals surface area contributed by atoms with Crippen LogP contribution in [0.25, 0.3) is 0 Å². The van der Waals surface area contributed by atoms with E-state index in [0.717, 1.165) is 22.0 Å². The Morgan fingerprint density at radius 2 is 1.85 bits per heavy atom. The molecule has 0 saturated heterocycles. The molecule has 5 heteroatoms. The van der Waals surface area contributed by atoms with E-state index in [1.807, 2.05) is 68.7 Å². The molecule has 0 bridgehead atoms. The van der Waals surface area contributed by atoms with Crippen LogP contribution in [-0.4, -0.2) is 22.8 Å². The predicted octanol–water partition coefficient (Wildman–Crippen LogP) is 4.86. The largest absolute Gasteiger partial charge is 0.487 e. The van der Waals surface area contributed by atoms with Crippen molar-refractivity contribution in [1.82, 2.24) is 9.88 Å². The molecule has 134 valence electrons. The molecular weight excluding hydrogens is 344 g/mol. The van der Waals surface area contributed by atoms with Crippen molar-refractivity contribution in [3.63, 3.8) is 0 Å². The van der Waals surface area contributed by atoms with Crippen LogP contribution in [-0.2, 0) is 6.61 Å². The first kappa shape index (κ1) is 18.1. The Balaban J connectivity index is 1.62. The Labute approximate surface area is 158 Å². The number of ether oxygens (including phenoxy) is 1. The van der Waals surface area contributed by atoms with Gasteiger partial charge in [-0.25, -0.2) is 4.98 Å². The molecule has 1 amide bonds. The molecule has 0 unspecified atom stereocenters. The summed E-state index contributed by atoms with van der Waals surface area (Å²) in [5, 5.41) is 3.02. The van der Waals surface area contributed by atoms with E-state index in [2.05, 4.69) is 4.98 Å². The third kappa shape index (κ3) is 4.29. The predicted molar refractivity (Wildman–Crippen MR) is 105 cm³/mol. The first-order chi connectivity index (χ1) is 12.5. The molecule has 0 aliphatic heterocycles. The summed E-state index contributed by atoms with van der Waals surface area (Å²) in [5.41, 5.74) is 2.68. The van der Waals surface area contributed by atoms with Crippen molar-refractivity contribution in [3.8, 4) is 5.75 Å². The van der Waals surface area contributed by atoms with Gasteiger partial charge in [0.05, 0.1) is 16.7 Å². The molecule has 1 heterocycles. The van der Waals surface area contributed by atoms with Crippen LogP contribution in [0.1, 0.15) is 39.6 Å². The number of carbonyl (C=O) groups excluding carboxylic acids is 1. The van der Waals surface area contributed by atoms with Crippen molar-refractivity contribution in [2.24, 2.45) is 0 Å². The maximum atomic E-state index is 12.7. The molecule has 0 fully saturated rings. The lowest BCUT2D eigenvalue weighted by Gasteiger charge is -2.25. The maximum Gasteiger partial charge on any atom is 0.254 e. The highest BCUT2D eigenvalue weighted by molar-refractivity contribution is 7.09. The Bertz CT molecular complexity index is 859. The number of hydrogen-bond donors (Lipinski definition) is 0. The van der Waals surface area contributed by atoms with Crippen LogP contribution in [0.5, 0.6) is 5.75 Å². The van der Waals surface area contributed by atoms with E-state index in [-0.39, 0.29) is 11.9 Å². The van der Waals surface area contributed by atoms with Gasteiger partial charge in [-0.3, -0.25) is 4.79 Å². The van der Waals surface area contributed by atoms with Crippen molar-refractivity contribution in [2.45, 2.75) is 26.5 Å². The van der Waals surface area contributed by atoms with E-state index in [4.69, 9.17) is 4.74 Å². The van der Waals surface area contributed by atoms with Gasteiger partial charge in [-0.15, -0.1) is 11.3 Å². The van der Waals surface area contributed by atoms with Crippen LogP contribution in [0.15, 0.2) is 60.0 Å². The first-order valence-corrected chi connectivity index (χ1v) is 9.38. The number of thiazole rings is 1. The van der Waals surface area contributed by atoms with Gasteiger partial charge in [0.2, 0.25) is 0 Å². The van der Waals surface area contributed by atoms with Gasteiger partial charge in [-0.05, 0) is 43.7 Å². The molecule has 0 aliphatic carbocycles.